The molecule has 0 aliphatic carbocycles. The molecule has 2 aromatic carbocycles. The number of aliphatic imine (C=N–C) groups is 1. The number of nitrogens with two attached hydrogens (primary N) is 1. The third-order valence-corrected chi connectivity index (χ3v) is 4.86. The van der Waals surface area contributed by atoms with Crippen LogP contribution in [0.2, 0.25) is 5.02 Å². The van der Waals surface area contributed by atoms with Crippen LogP contribution in [0.5, 0.6) is 5.75 Å². The number of rotatable bonds is 3. The van der Waals surface area contributed by atoms with Gasteiger partial charge in [0.1, 0.15) is 5.75 Å². The van der Waals surface area contributed by atoms with Crippen LogP contribution in [0.3, 0.4) is 0 Å². The quantitative estimate of drug-likeness (QED) is 0.397. The number of phenols is 1. The van der Waals surface area contributed by atoms with Crippen LogP contribution in [0.25, 0.3) is 5.70 Å². The maximum absolute atomic E-state index is 10.6. The number of guanidine groups is 1. The second-order valence-corrected chi connectivity index (χ2v) is 8.17. The Bertz CT molecular complexity index is 1080. The van der Waals surface area contributed by atoms with Gasteiger partial charge in [-0.15, -0.1) is 0 Å². The Morgan fingerprint density at radius 1 is 1.17 bits per heavy atom. The number of carboxylic acid groups (broad SMARTS) is 1. The van der Waals surface area contributed by atoms with Crippen molar-refractivity contribution < 1.29 is 32.9 Å². The highest BCUT2D eigenvalue weighted by Crippen LogP contribution is 2.32. The van der Waals surface area contributed by atoms with Crippen molar-refractivity contribution in [2.24, 2.45) is 10.7 Å². The van der Waals surface area contributed by atoms with Gasteiger partial charge < -0.3 is 30.5 Å². The van der Waals surface area contributed by atoms with E-state index in [0.29, 0.717) is 5.96 Å². The molecule has 0 aromatic heterocycles. The second kappa shape index (κ2) is 14.2. The number of alkyl halides is 3. The zero-order valence-corrected chi connectivity index (χ0v) is 21.1. The zero-order chi connectivity index (χ0) is 27.5. The average molecular weight is 531 g/mol. The van der Waals surface area contributed by atoms with Gasteiger partial charge in [0.25, 0.3) is 0 Å². The van der Waals surface area contributed by atoms with Gasteiger partial charge in [-0.25, -0.2) is 9.79 Å². The van der Waals surface area contributed by atoms with E-state index in [1.807, 2.05) is 44.4 Å². The number of hydrogen-bond acceptors (Lipinski definition) is 5. The smallest absolute Gasteiger partial charge is 0.490 e. The molecule has 12 heteroatoms. The molecule has 0 unspecified atom stereocenters. The Morgan fingerprint density at radius 2 is 1.75 bits per heavy atom. The first-order valence-corrected chi connectivity index (χ1v) is 10.9. The molecule has 1 aliphatic rings. The third-order valence-electron chi connectivity index (χ3n) is 4.62. The van der Waals surface area contributed by atoms with Crippen molar-refractivity contribution in [1.29, 1.82) is 0 Å². The van der Waals surface area contributed by atoms with Crippen molar-refractivity contribution in [2.45, 2.75) is 12.6 Å². The number of benzene rings is 2. The molecule has 4 N–H and O–H groups in total. The van der Waals surface area contributed by atoms with Crippen molar-refractivity contribution in [3.8, 4) is 5.75 Å². The lowest BCUT2D eigenvalue weighted by atomic mass is 10.1. The first-order chi connectivity index (χ1) is 16.8. The molecule has 0 atom stereocenters. The number of aliphatic carboxylic acids is 1. The molecule has 0 amide bonds. The summed E-state index contributed by atoms with van der Waals surface area (Å²) in [5.41, 5.74) is 10.0. The van der Waals surface area contributed by atoms with Crippen LogP contribution in [0.4, 0.5) is 18.9 Å². The van der Waals surface area contributed by atoms with Crippen LogP contribution in [-0.4, -0.2) is 74.6 Å². The van der Waals surface area contributed by atoms with E-state index in [9.17, 15) is 18.3 Å². The van der Waals surface area contributed by atoms with Gasteiger partial charge in [-0.2, -0.15) is 13.2 Å². The summed E-state index contributed by atoms with van der Waals surface area (Å²) in [4.78, 5) is 17.6. The lowest BCUT2D eigenvalue weighted by molar-refractivity contribution is -0.192. The Labute approximate surface area is 213 Å². The van der Waals surface area contributed by atoms with E-state index in [0.717, 1.165) is 41.5 Å². The molecule has 1 aliphatic heterocycles. The summed E-state index contributed by atoms with van der Waals surface area (Å²) >= 11 is 6.13. The van der Waals surface area contributed by atoms with Crippen molar-refractivity contribution in [2.75, 3.05) is 46.3 Å². The molecule has 1 saturated heterocycles. The summed E-state index contributed by atoms with van der Waals surface area (Å²) in [5, 5.41) is 17.7. The lowest BCUT2D eigenvalue weighted by Gasteiger charge is -2.18. The Morgan fingerprint density at radius 3 is 2.25 bits per heavy atom. The second-order valence-electron chi connectivity index (χ2n) is 7.73. The topological polar surface area (TPSA) is 112 Å². The molecule has 198 valence electrons. The molecule has 0 bridgehead atoms. The van der Waals surface area contributed by atoms with E-state index >= 15 is 0 Å². The minimum absolute atomic E-state index is 0.212. The average Bonchev–Trinajstić information content (AvgIpc) is 3.27. The number of anilines is 1. The predicted octanol–water partition coefficient (Wildman–Crippen LogP) is 4.44. The summed E-state index contributed by atoms with van der Waals surface area (Å²) in [5.74, 6) is -2.12. The SMILES string of the molecule is CN(C)C(N)=N/C(=C1/CCN(c2cccc(Cl)c2)C1)c1cccc(O)c1.COC.O=C(O)C(F)(F)F. The molecule has 1 fully saturated rings. The minimum atomic E-state index is -5.08. The van der Waals surface area contributed by atoms with E-state index in [1.165, 1.54) is 5.57 Å². The highest BCUT2D eigenvalue weighted by molar-refractivity contribution is 6.30. The van der Waals surface area contributed by atoms with Crippen LogP contribution < -0.4 is 10.6 Å². The van der Waals surface area contributed by atoms with E-state index in [-0.39, 0.29) is 5.75 Å². The molecule has 2 aromatic rings. The summed E-state index contributed by atoms with van der Waals surface area (Å²) in [7, 11) is 6.97. The van der Waals surface area contributed by atoms with Gasteiger partial charge in [-0.05, 0) is 42.3 Å². The largest absolute Gasteiger partial charge is 0.508 e. The fourth-order valence-electron chi connectivity index (χ4n) is 2.96. The fraction of sp³-hybridized carbons (Fsp3) is 0.333. The predicted molar refractivity (Wildman–Crippen MR) is 135 cm³/mol. The van der Waals surface area contributed by atoms with Gasteiger partial charge in [0.2, 0.25) is 0 Å². The van der Waals surface area contributed by atoms with Gasteiger partial charge in [-0.3, -0.25) is 0 Å². The maximum Gasteiger partial charge on any atom is 0.490 e. The molecule has 8 nitrogen and oxygen atoms in total. The Balaban J connectivity index is 0.000000552. The maximum atomic E-state index is 10.6. The zero-order valence-electron chi connectivity index (χ0n) is 20.4. The van der Waals surface area contributed by atoms with Gasteiger partial charge in [0.15, 0.2) is 5.96 Å². The summed E-state index contributed by atoms with van der Waals surface area (Å²) in [6.45, 7) is 1.63. The molecule has 3 rings (SSSR count). The van der Waals surface area contributed by atoms with Crippen molar-refractivity contribution in [3.05, 3.63) is 64.7 Å². The van der Waals surface area contributed by atoms with E-state index in [1.54, 1.807) is 31.3 Å². The van der Waals surface area contributed by atoms with Gasteiger partial charge >= 0.3 is 12.1 Å². The Kier molecular flexibility index (Phi) is 12.1. The number of hydrogen-bond donors (Lipinski definition) is 3. The fourth-order valence-corrected chi connectivity index (χ4v) is 3.14. The first-order valence-electron chi connectivity index (χ1n) is 10.5. The molecular formula is C24H30ClF3N4O4. The summed E-state index contributed by atoms with van der Waals surface area (Å²) in [6.07, 6.45) is -4.21. The van der Waals surface area contributed by atoms with Crippen molar-refractivity contribution in [1.82, 2.24) is 4.90 Å². The third kappa shape index (κ3) is 10.0. The number of methoxy groups -OCH3 is 1. The standard InChI is InChI=1S/C20H23ClN4O.C2HF3O2.C2H6O/c1-24(2)20(22)23-19(14-5-3-8-18(26)11-14)15-9-10-25(13-15)17-7-4-6-16(21)12-17;3-2(4,5)1(6)7;1-3-2/h3-8,11-12,26H,9-10,13H2,1-2H3,(H2,22,23);(H,6,7);1-2H3/b19-15-;;. The first kappa shape index (κ1) is 30.6. The number of carbonyl (C=O) groups is 1. The lowest BCUT2D eigenvalue weighted by Crippen LogP contribution is -2.30. The molecule has 36 heavy (non-hydrogen) atoms. The molecule has 0 radical (unpaired) electrons. The minimum Gasteiger partial charge on any atom is -0.508 e. The summed E-state index contributed by atoms with van der Waals surface area (Å²) in [6, 6.07) is 15.0. The van der Waals surface area contributed by atoms with Crippen molar-refractivity contribution >= 4 is 34.9 Å². The van der Waals surface area contributed by atoms with Gasteiger partial charge in [0.05, 0.1) is 5.70 Å². The van der Waals surface area contributed by atoms with E-state index in [2.05, 4.69) is 20.7 Å². The van der Waals surface area contributed by atoms with Gasteiger partial charge in [-0.1, -0.05) is 29.8 Å². The molecular weight excluding hydrogens is 501 g/mol. The van der Waals surface area contributed by atoms with Gasteiger partial charge in [0, 0.05) is 57.7 Å². The van der Waals surface area contributed by atoms with Crippen molar-refractivity contribution in [3.63, 3.8) is 0 Å². The monoisotopic (exact) mass is 530 g/mol. The number of aromatic hydroxyl groups is 1. The molecule has 0 saturated carbocycles. The van der Waals surface area contributed by atoms with Crippen LogP contribution in [0.15, 0.2) is 59.1 Å². The summed E-state index contributed by atoms with van der Waals surface area (Å²) < 4.78 is 36.0. The number of phenolic OH excluding ortho intramolecular Hbond substituents is 1. The van der Waals surface area contributed by atoms with Crippen LogP contribution in [0, 0.1) is 0 Å². The van der Waals surface area contributed by atoms with E-state index in [4.69, 9.17) is 27.2 Å². The van der Waals surface area contributed by atoms with Crippen LogP contribution in [-0.2, 0) is 9.53 Å². The number of nitrogens with zero attached hydrogens (tertiary/aromatic N) is 3. The highest BCUT2D eigenvalue weighted by Gasteiger charge is 2.38. The van der Waals surface area contributed by atoms with Crippen LogP contribution in [0.1, 0.15) is 12.0 Å². The highest BCUT2D eigenvalue weighted by atomic mass is 35.5. The molecule has 1 heterocycles. The molecule has 0 spiro atoms. The normalized spacial score (nSPS) is 14.8. The Hall–Kier alpha value is -3.44. The van der Waals surface area contributed by atoms with Crippen LogP contribution >= 0.6 is 11.6 Å². The number of ether oxygens (including phenoxy) is 1. The number of carboxylic acids is 1. The van der Waals surface area contributed by atoms with E-state index < -0.39 is 12.1 Å². The number of halogens is 4.